The average Bonchev–Trinajstić information content (AvgIpc) is 1.97. The molecule has 0 saturated heterocycles. The van der Waals surface area contributed by atoms with Gasteiger partial charge in [0, 0.05) is 8.07 Å². The van der Waals surface area contributed by atoms with Gasteiger partial charge in [-0.15, -0.1) is 0 Å². The van der Waals surface area contributed by atoms with E-state index in [2.05, 4.69) is 37.5 Å². The largest absolute Gasteiger partial charge is 0.505 e. The van der Waals surface area contributed by atoms with Crippen LogP contribution in [0.2, 0.25) is 44.8 Å². The predicted octanol–water partition coefficient (Wildman–Crippen LogP) is 3.27. The lowest BCUT2D eigenvalue weighted by molar-refractivity contribution is 0.105. The third kappa shape index (κ3) is 8.31. The van der Waals surface area contributed by atoms with E-state index in [1.807, 2.05) is 0 Å². The van der Waals surface area contributed by atoms with Gasteiger partial charge in [0.15, 0.2) is 0 Å². The smallest absolute Gasteiger partial charge is 0.450 e. The van der Waals surface area contributed by atoms with Gasteiger partial charge < -0.3 is 9.84 Å². The summed E-state index contributed by atoms with van der Waals surface area (Å²) in [6, 6.07) is 2.45. The van der Waals surface area contributed by atoms with E-state index in [1.165, 1.54) is 12.1 Å². The summed E-state index contributed by atoms with van der Waals surface area (Å²) in [6.07, 6.45) is -0.703. The highest BCUT2D eigenvalue weighted by molar-refractivity contribution is 6.82. The van der Waals surface area contributed by atoms with E-state index in [0.29, 0.717) is 6.23 Å². The van der Waals surface area contributed by atoms with Gasteiger partial charge in [0.2, 0.25) is 0 Å². The minimum Gasteiger partial charge on any atom is -0.450 e. The highest BCUT2D eigenvalue weighted by Gasteiger charge is 2.26. The Bertz CT molecular complexity index is 197. The van der Waals surface area contributed by atoms with Crippen molar-refractivity contribution >= 4 is 22.3 Å². The summed E-state index contributed by atoms with van der Waals surface area (Å²) < 4.78 is 4.67. The molecule has 0 unspecified atom stereocenters. The van der Waals surface area contributed by atoms with Crippen LogP contribution in [0.5, 0.6) is 0 Å². The van der Waals surface area contributed by atoms with Gasteiger partial charge >= 0.3 is 6.16 Å². The van der Waals surface area contributed by atoms with Gasteiger partial charge in [-0.3, -0.25) is 0 Å². The zero-order valence-corrected chi connectivity index (χ0v) is 11.9. The molecular formula is C9H22O3Si2. The lowest BCUT2D eigenvalue weighted by Gasteiger charge is -2.25. The monoisotopic (exact) mass is 234 g/mol. The summed E-state index contributed by atoms with van der Waals surface area (Å²) in [5.41, 5.74) is 0. The Morgan fingerprint density at radius 1 is 1.14 bits per heavy atom. The van der Waals surface area contributed by atoms with Crippen LogP contribution in [0, 0.1) is 0 Å². The second-order valence-corrected chi connectivity index (χ2v) is 16.5. The van der Waals surface area contributed by atoms with Crippen LogP contribution in [0.3, 0.4) is 0 Å². The number of carboxylic acid groups (broad SMARTS) is 1. The van der Waals surface area contributed by atoms with Crippen molar-refractivity contribution in [2.75, 3.05) is 6.23 Å². The van der Waals surface area contributed by atoms with Gasteiger partial charge in [0.1, 0.15) is 0 Å². The molecule has 0 aromatic heterocycles. The third-order valence-corrected chi connectivity index (χ3v) is 6.92. The van der Waals surface area contributed by atoms with Crippen molar-refractivity contribution in [2.45, 2.75) is 44.8 Å². The molecule has 0 aliphatic heterocycles. The molecule has 5 heteroatoms. The van der Waals surface area contributed by atoms with Crippen LogP contribution in [-0.4, -0.2) is 33.6 Å². The molecule has 0 rings (SSSR count). The minimum atomic E-state index is -1.44. The van der Waals surface area contributed by atoms with Crippen LogP contribution in [-0.2, 0) is 4.74 Å². The van der Waals surface area contributed by atoms with E-state index in [1.54, 1.807) is 0 Å². The zero-order chi connectivity index (χ0) is 11.4. The first-order valence-electron chi connectivity index (χ1n) is 4.98. The molecule has 0 bridgehead atoms. The number of hydrogen-bond acceptors (Lipinski definition) is 2. The molecule has 0 aromatic carbocycles. The van der Waals surface area contributed by atoms with E-state index in [4.69, 9.17) is 5.11 Å². The van der Waals surface area contributed by atoms with Crippen molar-refractivity contribution in [2.24, 2.45) is 0 Å². The number of rotatable bonds is 5. The molecule has 14 heavy (non-hydrogen) atoms. The summed E-state index contributed by atoms with van der Waals surface area (Å²) in [7, 11) is -2.44. The maximum atomic E-state index is 10.3. The Labute approximate surface area is 88.5 Å². The summed E-state index contributed by atoms with van der Waals surface area (Å²) in [5.74, 6) is 0. The molecule has 0 atom stereocenters. The van der Waals surface area contributed by atoms with Gasteiger partial charge in [-0.25, -0.2) is 4.79 Å². The van der Waals surface area contributed by atoms with E-state index in [-0.39, 0.29) is 0 Å². The molecule has 0 saturated carbocycles. The standard InChI is InChI=1S/C9H22O3Si2/c1-13(2,3)6-7-14(4,5)8-12-9(10)11/h6-8H2,1-5H3,(H,10,11). The Kier molecular flexibility index (Phi) is 4.87. The van der Waals surface area contributed by atoms with E-state index in [0.717, 1.165) is 0 Å². The zero-order valence-electron chi connectivity index (χ0n) is 9.89. The van der Waals surface area contributed by atoms with Crippen molar-refractivity contribution in [1.82, 2.24) is 0 Å². The summed E-state index contributed by atoms with van der Waals surface area (Å²) in [6.45, 7) is 11.4. The van der Waals surface area contributed by atoms with Crippen molar-refractivity contribution in [3.8, 4) is 0 Å². The highest BCUT2D eigenvalue weighted by Crippen LogP contribution is 2.20. The fraction of sp³-hybridized carbons (Fsp3) is 0.889. The van der Waals surface area contributed by atoms with Gasteiger partial charge in [0.25, 0.3) is 0 Å². The predicted molar refractivity (Wildman–Crippen MR) is 64.4 cm³/mol. The molecule has 0 aromatic rings. The molecule has 0 fully saturated rings. The van der Waals surface area contributed by atoms with Crippen molar-refractivity contribution in [3.05, 3.63) is 0 Å². The molecule has 0 spiro atoms. The number of ether oxygens (including phenoxy) is 1. The topological polar surface area (TPSA) is 46.5 Å². The second kappa shape index (κ2) is 4.97. The summed E-state index contributed by atoms with van der Waals surface area (Å²) >= 11 is 0. The quantitative estimate of drug-likeness (QED) is 0.586. The first-order valence-corrected chi connectivity index (χ1v) is 12.1. The Morgan fingerprint density at radius 3 is 2.00 bits per heavy atom. The Morgan fingerprint density at radius 2 is 1.64 bits per heavy atom. The lowest BCUT2D eigenvalue weighted by Crippen LogP contribution is -2.36. The van der Waals surface area contributed by atoms with E-state index < -0.39 is 22.3 Å². The third-order valence-electron chi connectivity index (χ3n) is 2.14. The van der Waals surface area contributed by atoms with Crippen molar-refractivity contribution < 1.29 is 14.6 Å². The molecule has 0 radical (unpaired) electrons. The molecule has 0 amide bonds. The van der Waals surface area contributed by atoms with Gasteiger partial charge in [-0.05, 0) is 0 Å². The Hall–Kier alpha value is -0.296. The van der Waals surface area contributed by atoms with Crippen LogP contribution in [0.4, 0.5) is 4.79 Å². The molecule has 0 heterocycles. The second-order valence-electron chi connectivity index (χ2n) is 5.78. The molecule has 0 aliphatic carbocycles. The maximum Gasteiger partial charge on any atom is 0.505 e. The van der Waals surface area contributed by atoms with Crippen LogP contribution >= 0.6 is 0 Å². The van der Waals surface area contributed by atoms with Crippen LogP contribution in [0.25, 0.3) is 0 Å². The molecule has 3 nitrogen and oxygen atoms in total. The van der Waals surface area contributed by atoms with E-state index >= 15 is 0 Å². The normalized spacial score (nSPS) is 12.6. The summed E-state index contributed by atoms with van der Waals surface area (Å²) in [5, 5.41) is 8.41. The minimum absolute atomic E-state index is 0.437. The fourth-order valence-corrected chi connectivity index (χ4v) is 7.41. The molecular weight excluding hydrogens is 212 g/mol. The fourth-order valence-electron chi connectivity index (χ4n) is 1.04. The number of carbonyl (C=O) groups is 1. The SMILES string of the molecule is C[Si](C)(C)CC[Si](C)(C)COC(=O)O. The molecule has 84 valence electrons. The van der Waals surface area contributed by atoms with Crippen LogP contribution < -0.4 is 0 Å². The molecule has 1 N–H and O–H groups in total. The lowest BCUT2D eigenvalue weighted by atomic mass is 10.9. The first kappa shape index (κ1) is 13.7. The number of hydrogen-bond donors (Lipinski definition) is 1. The van der Waals surface area contributed by atoms with Gasteiger partial charge in [-0.1, -0.05) is 44.8 Å². The van der Waals surface area contributed by atoms with Crippen molar-refractivity contribution in [3.63, 3.8) is 0 Å². The molecule has 0 aliphatic rings. The van der Waals surface area contributed by atoms with Crippen molar-refractivity contribution in [1.29, 1.82) is 0 Å². The van der Waals surface area contributed by atoms with Crippen LogP contribution in [0.1, 0.15) is 0 Å². The van der Waals surface area contributed by atoms with Gasteiger partial charge in [0.05, 0.1) is 14.3 Å². The average molecular weight is 234 g/mol. The Balaban J connectivity index is 3.89. The first-order chi connectivity index (χ1) is 6.12. The van der Waals surface area contributed by atoms with Crippen LogP contribution in [0.15, 0.2) is 0 Å². The highest BCUT2D eigenvalue weighted by atomic mass is 28.3. The maximum absolute atomic E-state index is 10.3. The van der Waals surface area contributed by atoms with Gasteiger partial charge in [-0.2, -0.15) is 0 Å². The summed E-state index contributed by atoms with van der Waals surface area (Å²) in [4.78, 5) is 10.3. The van der Waals surface area contributed by atoms with E-state index in [9.17, 15) is 4.79 Å².